The Bertz CT molecular complexity index is 454. The van der Waals surface area contributed by atoms with Gasteiger partial charge in [-0.2, -0.15) is 0 Å². The molecule has 2 heteroatoms. The van der Waals surface area contributed by atoms with Gasteiger partial charge in [-0.05, 0) is 12.1 Å². The standard InChI is InChI=1S/C18H22O2/c1-3-5-7-9-14-19-17-12-11-13-18(16-17)20-15-10-8-6-4-2/h11-13,16H,3-4,9-10,14-15H2,1-2H3. The van der Waals surface area contributed by atoms with Crippen molar-refractivity contribution in [3.63, 3.8) is 0 Å². The first-order valence-corrected chi connectivity index (χ1v) is 7.14. The minimum absolute atomic E-state index is 0.610. The maximum absolute atomic E-state index is 5.63. The molecule has 0 saturated heterocycles. The average molecular weight is 270 g/mol. The molecule has 0 radical (unpaired) electrons. The third-order valence-electron chi connectivity index (χ3n) is 2.40. The molecule has 1 aromatic carbocycles. The van der Waals surface area contributed by atoms with Gasteiger partial charge >= 0.3 is 0 Å². The topological polar surface area (TPSA) is 18.5 Å². The van der Waals surface area contributed by atoms with Gasteiger partial charge in [0, 0.05) is 31.7 Å². The lowest BCUT2D eigenvalue weighted by Crippen LogP contribution is -1.98. The second-order valence-electron chi connectivity index (χ2n) is 4.09. The normalized spacial score (nSPS) is 8.90. The van der Waals surface area contributed by atoms with E-state index in [4.69, 9.17) is 9.47 Å². The predicted molar refractivity (Wildman–Crippen MR) is 82.8 cm³/mol. The van der Waals surface area contributed by atoms with Crippen molar-refractivity contribution in [2.24, 2.45) is 0 Å². The van der Waals surface area contributed by atoms with Crippen LogP contribution in [0, 0.1) is 23.7 Å². The van der Waals surface area contributed by atoms with Gasteiger partial charge in [-0.3, -0.25) is 0 Å². The summed E-state index contributed by atoms with van der Waals surface area (Å²) in [6.45, 7) is 5.30. The van der Waals surface area contributed by atoms with Gasteiger partial charge in [-0.25, -0.2) is 0 Å². The molecule has 0 N–H and O–H groups in total. The van der Waals surface area contributed by atoms with Crippen molar-refractivity contribution in [3.8, 4) is 35.2 Å². The molecule has 2 nitrogen and oxygen atoms in total. The Kier molecular flexibility index (Phi) is 8.66. The predicted octanol–water partition coefficient (Wildman–Crippen LogP) is 4.05. The van der Waals surface area contributed by atoms with Gasteiger partial charge in [0.25, 0.3) is 0 Å². The first-order valence-electron chi connectivity index (χ1n) is 7.14. The zero-order valence-corrected chi connectivity index (χ0v) is 12.4. The van der Waals surface area contributed by atoms with Gasteiger partial charge in [0.2, 0.25) is 0 Å². The first kappa shape index (κ1) is 16.0. The minimum Gasteiger partial charge on any atom is -0.492 e. The Morgan fingerprint density at radius 2 is 1.30 bits per heavy atom. The number of rotatable bonds is 6. The van der Waals surface area contributed by atoms with E-state index in [0.29, 0.717) is 13.2 Å². The third-order valence-corrected chi connectivity index (χ3v) is 2.40. The molecule has 0 heterocycles. The van der Waals surface area contributed by atoms with Gasteiger partial charge in [0.15, 0.2) is 0 Å². The first-order chi connectivity index (χ1) is 9.86. The second kappa shape index (κ2) is 10.8. The SMILES string of the molecule is CCC#CCCOc1cccc(OCCC#CCC)c1. The van der Waals surface area contributed by atoms with Crippen LogP contribution in [0.5, 0.6) is 11.5 Å². The molecule has 1 aromatic rings. The van der Waals surface area contributed by atoms with E-state index in [0.717, 1.165) is 37.2 Å². The summed E-state index contributed by atoms with van der Waals surface area (Å²) in [4.78, 5) is 0. The lowest BCUT2D eigenvalue weighted by Gasteiger charge is -2.07. The van der Waals surface area contributed by atoms with Crippen molar-refractivity contribution >= 4 is 0 Å². The largest absolute Gasteiger partial charge is 0.492 e. The monoisotopic (exact) mass is 270 g/mol. The van der Waals surface area contributed by atoms with E-state index < -0.39 is 0 Å². The number of ether oxygens (including phenoxy) is 2. The molecular formula is C18H22O2. The van der Waals surface area contributed by atoms with Crippen molar-refractivity contribution in [2.45, 2.75) is 39.5 Å². The van der Waals surface area contributed by atoms with Gasteiger partial charge in [-0.1, -0.05) is 31.8 Å². The molecule has 0 fully saturated rings. The van der Waals surface area contributed by atoms with Crippen LogP contribution >= 0.6 is 0 Å². The van der Waals surface area contributed by atoms with Crippen LogP contribution in [0.2, 0.25) is 0 Å². The summed E-state index contributed by atoms with van der Waals surface area (Å²) < 4.78 is 11.3. The summed E-state index contributed by atoms with van der Waals surface area (Å²) in [6.07, 6.45) is 3.30. The van der Waals surface area contributed by atoms with E-state index >= 15 is 0 Å². The smallest absolute Gasteiger partial charge is 0.123 e. The molecule has 0 aliphatic heterocycles. The lowest BCUT2D eigenvalue weighted by molar-refractivity contribution is 0.311. The molecule has 0 unspecified atom stereocenters. The third kappa shape index (κ3) is 7.39. The zero-order chi connectivity index (χ0) is 14.5. The molecule has 0 bridgehead atoms. The van der Waals surface area contributed by atoms with E-state index in [9.17, 15) is 0 Å². The molecular weight excluding hydrogens is 248 g/mol. The molecule has 0 amide bonds. The van der Waals surface area contributed by atoms with Crippen LogP contribution in [-0.4, -0.2) is 13.2 Å². The van der Waals surface area contributed by atoms with E-state index in [1.807, 2.05) is 38.1 Å². The molecule has 0 spiro atoms. The number of benzene rings is 1. The van der Waals surface area contributed by atoms with Gasteiger partial charge < -0.3 is 9.47 Å². The van der Waals surface area contributed by atoms with E-state index in [-0.39, 0.29) is 0 Å². The van der Waals surface area contributed by atoms with Crippen LogP contribution in [0.15, 0.2) is 24.3 Å². The number of hydrogen-bond acceptors (Lipinski definition) is 2. The fourth-order valence-corrected chi connectivity index (χ4v) is 1.52. The van der Waals surface area contributed by atoms with Gasteiger partial charge in [-0.15, -0.1) is 11.8 Å². The van der Waals surface area contributed by atoms with Gasteiger partial charge in [0.1, 0.15) is 11.5 Å². The van der Waals surface area contributed by atoms with Crippen LogP contribution in [-0.2, 0) is 0 Å². The molecule has 0 aliphatic rings. The highest BCUT2D eigenvalue weighted by Gasteiger charge is 1.97. The van der Waals surface area contributed by atoms with Gasteiger partial charge in [0.05, 0.1) is 13.2 Å². The Morgan fingerprint density at radius 3 is 1.75 bits per heavy atom. The van der Waals surface area contributed by atoms with Crippen LogP contribution in [0.1, 0.15) is 39.5 Å². The summed E-state index contributed by atoms with van der Waals surface area (Å²) in [6, 6.07) is 7.69. The maximum atomic E-state index is 5.63. The molecule has 0 aliphatic carbocycles. The number of hydrogen-bond donors (Lipinski definition) is 0. The van der Waals surface area contributed by atoms with Crippen molar-refractivity contribution in [1.82, 2.24) is 0 Å². The van der Waals surface area contributed by atoms with E-state index in [1.165, 1.54) is 0 Å². The fourth-order valence-electron chi connectivity index (χ4n) is 1.52. The Balaban J connectivity index is 2.33. The van der Waals surface area contributed by atoms with Crippen molar-refractivity contribution < 1.29 is 9.47 Å². The average Bonchev–Trinajstić information content (AvgIpc) is 2.47. The van der Waals surface area contributed by atoms with Crippen LogP contribution in [0.25, 0.3) is 0 Å². The van der Waals surface area contributed by atoms with Crippen molar-refractivity contribution in [3.05, 3.63) is 24.3 Å². The zero-order valence-electron chi connectivity index (χ0n) is 12.4. The Morgan fingerprint density at radius 1 is 0.800 bits per heavy atom. The highest BCUT2D eigenvalue weighted by molar-refractivity contribution is 5.33. The molecule has 106 valence electrons. The quantitative estimate of drug-likeness (QED) is 0.573. The van der Waals surface area contributed by atoms with Crippen LogP contribution in [0.3, 0.4) is 0 Å². The highest BCUT2D eigenvalue weighted by Crippen LogP contribution is 2.19. The Hall–Kier alpha value is -2.06. The second-order valence-corrected chi connectivity index (χ2v) is 4.09. The summed E-state index contributed by atoms with van der Waals surface area (Å²) in [5, 5.41) is 0. The summed E-state index contributed by atoms with van der Waals surface area (Å²) >= 11 is 0. The molecule has 0 atom stereocenters. The highest BCUT2D eigenvalue weighted by atomic mass is 16.5. The van der Waals surface area contributed by atoms with Crippen molar-refractivity contribution in [2.75, 3.05) is 13.2 Å². The summed E-state index contributed by atoms with van der Waals surface area (Å²) in [5.41, 5.74) is 0. The summed E-state index contributed by atoms with van der Waals surface area (Å²) in [7, 11) is 0. The lowest BCUT2D eigenvalue weighted by atomic mass is 10.3. The molecule has 1 rings (SSSR count). The molecule has 20 heavy (non-hydrogen) atoms. The fraction of sp³-hybridized carbons (Fsp3) is 0.444. The van der Waals surface area contributed by atoms with E-state index in [1.54, 1.807) is 0 Å². The molecule has 0 saturated carbocycles. The van der Waals surface area contributed by atoms with E-state index in [2.05, 4.69) is 23.7 Å². The van der Waals surface area contributed by atoms with Crippen molar-refractivity contribution in [1.29, 1.82) is 0 Å². The van der Waals surface area contributed by atoms with Crippen LogP contribution < -0.4 is 9.47 Å². The minimum atomic E-state index is 0.610. The van der Waals surface area contributed by atoms with Crippen LogP contribution in [0.4, 0.5) is 0 Å². The molecule has 0 aromatic heterocycles. The Labute approximate surface area is 122 Å². The maximum Gasteiger partial charge on any atom is 0.123 e. The summed E-state index contributed by atoms with van der Waals surface area (Å²) in [5.74, 6) is 13.8.